The van der Waals surface area contributed by atoms with Crippen molar-refractivity contribution in [2.75, 3.05) is 5.32 Å². The number of nitrogens with zero attached hydrogens (tertiary/aromatic N) is 2. The van der Waals surface area contributed by atoms with E-state index in [2.05, 4.69) is 20.6 Å². The first kappa shape index (κ1) is 17.6. The highest BCUT2D eigenvalue weighted by Gasteiger charge is 2.14. The summed E-state index contributed by atoms with van der Waals surface area (Å²) in [4.78, 5) is 21.2. The van der Waals surface area contributed by atoms with Gasteiger partial charge in [0.15, 0.2) is 0 Å². The molecule has 1 heterocycles. The molecule has 0 radical (unpaired) electrons. The summed E-state index contributed by atoms with van der Waals surface area (Å²) in [5.41, 5.74) is 3.49. The minimum atomic E-state index is -0.223. The lowest BCUT2D eigenvalue weighted by Gasteiger charge is -2.14. The monoisotopic (exact) mass is 346 g/mol. The van der Waals surface area contributed by atoms with Crippen LogP contribution in [0.15, 0.2) is 60.7 Å². The van der Waals surface area contributed by atoms with E-state index < -0.39 is 0 Å². The summed E-state index contributed by atoms with van der Waals surface area (Å²) >= 11 is 0. The molecule has 1 amide bonds. The number of anilines is 2. The number of hydrogen-bond acceptors (Lipinski definition) is 4. The largest absolute Gasteiger partial charge is 0.344 e. The Kier molecular flexibility index (Phi) is 5.27. The molecule has 26 heavy (non-hydrogen) atoms. The minimum Gasteiger partial charge on any atom is -0.344 e. The molecule has 5 heteroatoms. The van der Waals surface area contributed by atoms with Gasteiger partial charge in [0.05, 0.1) is 6.04 Å². The van der Waals surface area contributed by atoms with Crippen molar-refractivity contribution in [1.82, 2.24) is 15.3 Å². The number of benzene rings is 2. The molecule has 5 nitrogen and oxygen atoms in total. The zero-order chi connectivity index (χ0) is 18.5. The zero-order valence-electron chi connectivity index (χ0n) is 15.2. The summed E-state index contributed by atoms with van der Waals surface area (Å²) in [6.07, 6.45) is 0. The third kappa shape index (κ3) is 4.45. The minimum absolute atomic E-state index is 0.104. The summed E-state index contributed by atoms with van der Waals surface area (Å²) in [5.74, 6) is 0.914. The van der Waals surface area contributed by atoms with Crippen LogP contribution in [0.2, 0.25) is 0 Å². The number of carbonyl (C=O) groups excluding carboxylic acids is 1. The van der Waals surface area contributed by atoms with Crippen LogP contribution in [0, 0.1) is 13.8 Å². The van der Waals surface area contributed by atoms with Gasteiger partial charge in [-0.3, -0.25) is 4.79 Å². The molecule has 132 valence electrons. The standard InChI is InChI=1S/C21H22N4O/c1-14-9-11-18(12-10-14)25-20-13-19(23-16(3)24-20)21(26)22-15(2)17-7-5-4-6-8-17/h4-13,15H,1-3H3,(H,22,26)(H,23,24,25). The summed E-state index contributed by atoms with van der Waals surface area (Å²) in [5, 5.41) is 6.20. The van der Waals surface area contributed by atoms with Crippen molar-refractivity contribution in [1.29, 1.82) is 0 Å². The summed E-state index contributed by atoms with van der Waals surface area (Å²) in [6.45, 7) is 5.76. The molecule has 3 aromatic rings. The molecule has 1 atom stereocenters. The molecule has 0 spiro atoms. The number of aryl methyl sites for hydroxylation is 2. The van der Waals surface area contributed by atoms with Gasteiger partial charge < -0.3 is 10.6 Å². The highest BCUT2D eigenvalue weighted by molar-refractivity contribution is 5.93. The quantitative estimate of drug-likeness (QED) is 0.722. The molecular weight excluding hydrogens is 324 g/mol. The highest BCUT2D eigenvalue weighted by atomic mass is 16.1. The molecular formula is C21H22N4O. The van der Waals surface area contributed by atoms with Gasteiger partial charge in [-0.15, -0.1) is 0 Å². The van der Waals surface area contributed by atoms with Crippen LogP contribution >= 0.6 is 0 Å². The van der Waals surface area contributed by atoms with Crippen molar-refractivity contribution >= 4 is 17.4 Å². The molecule has 0 fully saturated rings. The Morgan fingerprint density at radius 2 is 1.65 bits per heavy atom. The molecule has 0 aliphatic heterocycles. The van der Waals surface area contributed by atoms with Gasteiger partial charge in [-0.1, -0.05) is 48.0 Å². The van der Waals surface area contributed by atoms with Crippen molar-refractivity contribution < 1.29 is 4.79 Å². The van der Waals surface area contributed by atoms with Crippen molar-refractivity contribution in [3.05, 3.63) is 83.3 Å². The van der Waals surface area contributed by atoms with E-state index in [1.165, 1.54) is 5.56 Å². The molecule has 0 aliphatic carbocycles. The lowest BCUT2D eigenvalue weighted by Crippen LogP contribution is -2.27. The van der Waals surface area contributed by atoms with Gasteiger partial charge in [-0.25, -0.2) is 9.97 Å². The topological polar surface area (TPSA) is 66.9 Å². The Morgan fingerprint density at radius 3 is 2.35 bits per heavy atom. The fourth-order valence-electron chi connectivity index (χ4n) is 2.63. The predicted molar refractivity (Wildman–Crippen MR) is 104 cm³/mol. The number of aromatic nitrogens is 2. The van der Waals surface area contributed by atoms with E-state index in [-0.39, 0.29) is 11.9 Å². The SMILES string of the molecule is Cc1ccc(Nc2cc(C(=O)NC(C)c3ccccc3)nc(C)n2)cc1. The molecule has 0 saturated heterocycles. The first-order valence-electron chi connectivity index (χ1n) is 8.56. The lowest BCUT2D eigenvalue weighted by molar-refractivity contribution is 0.0934. The average molecular weight is 346 g/mol. The molecule has 1 unspecified atom stereocenters. The molecule has 2 aromatic carbocycles. The summed E-state index contributed by atoms with van der Waals surface area (Å²) < 4.78 is 0. The van der Waals surface area contributed by atoms with E-state index in [0.29, 0.717) is 17.3 Å². The average Bonchev–Trinajstić information content (AvgIpc) is 2.64. The van der Waals surface area contributed by atoms with Crippen LogP contribution in [-0.2, 0) is 0 Å². The number of carbonyl (C=O) groups is 1. The van der Waals surface area contributed by atoms with Crippen LogP contribution in [0.4, 0.5) is 11.5 Å². The first-order chi connectivity index (χ1) is 12.5. The van der Waals surface area contributed by atoms with Crippen molar-refractivity contribution in [2.45, 2.75) is 26.8 Å². The van der Waals surface area contributed by atoms with Crippen molar-refractivity contribution in [2.24, 2.45) is 0 Å². The Morgan fingerprint density at radius 1 is 0.962 bits per heavy atom. The Bertz CT molecular complexity index is 892. The van der Waals surface area contributed by atoms with E-state index >= 15 is 0 Å². The van der Waals surface area contributed by atoms with Crippen LogP contribution in [0.25, 0.3) is 0 Å². The van der Waals surface area contributed by atoms with Gasteiger partial charge in [-0.05, 0) is 38.5 Å². The zero-order valence-corrected chi connectivity index (χ0v) is 15.2. The maximum absolute atomic E-state index is 12.6. The van der Waals surface area contributed by atoms with Crippen LogP contribution in [0.1, 0.15) is 40.4 Å². The first-order valence-corrected chi connectivity index (χ1v) is 8.56. The Labute approximate surface area is 153 Å². The number of nitrogens with one attached hydrogen (secondary N) is 2. The van der Waals surface area contributed by atoms with E-state index in [0.717, 1.165) is 11.3 Å². The fraction of sp³-hybridized carbons (Fsp3) is 0.190. The maximum Gasteiger partial charge on any atom is 0.270 e. The molecule has 0 bridgehead atoms. The van der Waals surface area contributed by atoms with Gasteiger partial charge in [0.2, 0.25) is 0 Å². The third-order valence-electron chi connectivity index (χ3n) is 4.04. The summed E-state index contributed by atoms with van der Waals surface area (Å²) in [6, 6.07) is 19.4. The molecule has 1 aromatic heterocycles. The molecule has 0 aliphatic rings. The second-order valence-electron chi connectivity index (χ2n) is 6.28. The Balaban J connectivity index is 1.76. The second-order valence-corrected chi connectivity index (χ2v) is 6.28. The number of amides is 1. The second kappa shape index (κ2) is 7.78. The smallest absolute Gasteiger partial charge is 0.270 e. The van der Waals surface area contributed by atoms with Crippen molar-refractivity contribution in [3.8, 4) is 0 Å². The van der Waals surface area contributed by atoms with Gasteiger partial charge in [0.25, 0.3) is 5.91 Å². The van der Waals surface area contributed by atoms with Crippen LogP contribution in [0.5, 0.6) is 0 Å². The maximum atomic E-state index is 12.6. The van der Waals surface area contributed by atoms with E-state index in [4.69, 9.17) is 0 Å². The van der Waals surface area contributed by atoms with Gasteiger partial charge in [0, 0.05) is 11.8 Å². The predicted octanol–water partition coefficient (Wildman–Crippen LogP) is 4.33. The molecule has 0 saturated carbocycles. The molecule has 3 rings (SSSR count). The van der Waals surface area contributed by atoms with E-state index in [9.17, 15) is 4.79 Å². The third-order valence-corrected chi connectivity index (χ3v) is 4.04. The van der Waals surface area contributed by atoms with Gasteiger partial charge >= 0.3 is 0 Å². The van der Waals surface area contributed by atoms with E-state index in [1.807, 2.05) is 68.4 Å². The van der Waals surface area contributed by atoms with E-state index in [1.54, 1.807) is 13.0 Å². The number of rotatable bonds is 5. The van der Waals surface area contributed by atoms with Gasteiger partial charge in [-0.2, -0.15) is 0 Å². The number of hydrogen-bond donors (Lipinski definition) is 2. The van der Waals surface area contributed by atoms with Gasteiger partial charge in [0.1, 0.15) is 17.3 Å². The summed E-state index contributed by atoms with van der Waals surface area (Å²) in [7, 11) is 0. The Hall–Kier alpha value is -3.21. The fourth-order valence-corrected chi connectivity index (χ4v) is 2.63. The van der Waals surface area contributed by atoms with Crippen LogP contribution in [0.3, 0.4) is 0 Å². The van der Waals surface area contributed by atoms with Crippen molar-refractivity contribution in [3.63, 3.8) is 0 Å². The normalized spacial score (nSPS) is 11.7. The lowest BCUT2D eigenvalue weighted by atomic mass is 10.1. The van der Waals surface area contributed by atoms with Crippen LogP contribution < -0.4 is 10.6 Å². The highest BCUT2D eigenvalue weighted by Crippen LogP contribution is 2.17. The molecule has 2 N–H and O–H groups in total. The van der Waals surface area contributed by atoms with Crippen LogP contribution in [-0.4, -0.2) is 15.9 Å².